The van der Waals surface area contributed by atoms with Crippen LogP contribution in [0, 0.1) is 0 Å². The van der Waals surface area contributed by atoms with Gasteiger partial charge in [-0.1, -0.05) is 25.5 Å². The molecule has 0 radical (unpaired) electrons. The molecule has 1 atom stereocenters. The maximum absolute atomic E-state index is 12.1. The Balaban J connectivity index is 1.87. The number of ether oxygens (including phenoxy) is 1. The molecule has 1 heterocycles. The van der Waals surface area contributed by atoms with Gasteiger partial charge in [-0.3, -0.25) is 4.79 Å². The van der Waals surface area contributed by atoms with Crippen LogP contribution in [0.4, 0.5) is 0 Å². The molecule has 0 spiro atoms. The van der Waals surface area contributed by atoms with E-state index in [-0.39, 0.29) is 11.9 Å². The smallest absolute Gasteiger partial charge is 0.251 e. The number of carbonyl (C=O) groups is 1. The quantitative estimate of drug-likeness (QED) is 0.822. The summed E-state index contributed by atoms with van der Waals surface area (Å²) in [6.45, 7) is 9.03. The van der Waals surface area contributed by atoms with Gasteiger partial charge in [0.25, 0.3) is 5.91 Å². The minimum atomic E-state index is 0.0289. The Labute approximate surface area is 127 Å². The Bertz CT molecular complexity index is 439. The number of hydrogen-bond donors (Lipinski definition) is 2. The average molecular weight is 291 g/mol. The van der Waals surface area contributed by atoms with E-state index >= 15 is 0 Å². The molecule has 2 N–H and O–H groups in total. The number of carbonyl (C=O) groups excluding carboxylic acids is 1. The van der Waals surface area contributed by atoms with Crippen LogP contribution in [-0.2, 0) is 11.3 Å². The van der Waals surface area contributed by atoms with Crippen molar-refractivity contribution in [3.63, 3.8) is 0 Å². The van der Waals surface area contributed by atoms with Gasteiger partial charge in [-0.15, -0.1) is 0 Å². The molecule has 1 aliphatic rings. The second-order valence-corrected chi connectivity index (χ2v) is 5.90. The van der Waals surface area contributed by atoms with Crippen LogP contribution in [0.3, 0.4) is 0 Å². The molecule has 0 aromatic heterocycles. The Morgan fingerprint density at radius 2 is 1.95 bits per heavy atom. The van der Waals surface area contributed by atoms with Crippen molar-refractivity contribution in [2.75, 3.05) is 26.3 Å². The summed E-state index contributed by atoms with van der Waals surface area (Å²) in [6.07, 6.45) is 2.10. The maximum Gasteiger partial charge on any atom is 0.251 e. The summed E-state index contributed by atoms with van der Waals surface area (Å²) in [7, 11) is 0. The maximum atomic E-state index is 12.1. The summed E-state index contributed by atoms with van der Waals surface area (Å²) in [5.41, 5.74) is 2.03. The van der Waals surface area contributed by atoms with Gasteiger partial charge in [0.2, 0.25) is 0 Å². The fourth-order valence-electron chi connectivity index (χ4n) is 2.71. The first-order valence-electron chi connectivity index (χ1n) is 8.00. The van der Waals surface area contributed by atoms with Gasteiger partial charge in [-0.05, 0) is 25.5 Å². The molecule has 4 nitrogen and oxygen atoms in total. The Kier molecular flexibility index (Phi) is 6.21. The molecule has 1 fully saturated rings. The van der Waals surface area contributed by atoms with Crippen molar-refractivity contribution in [1.29, 1.82) is 0 Å². The third-order valence-electron chi connectivity index (χ3n) is 3.97. The Morgan fingerprint density at radius 3 is 2.57 bits per heavy atom. The molecule has 0 saturated carbocycles. The number of hydrogen-bond acceptors (Lipinski definition) is 2. The summed E-state index contributed by atoms with van der Waals surface area (Å²) >= 11 is 0. The largest absolute Gasteiger partial charge is 0.370 e. The average Bonchev–Trinajstić information content (AvgIpc) is 2.49. The summed E-state index contributed by atoms with van der Waals surface area (Å²) in [5, 5.41) is 3.04. The van der Waals surface area contributed by atoms with Crippen LogP contribution in [0.15, 0.2) is 24.3 Å². The molecule has 1 amide bonds. The molecular weight excluding hydrogens is 264 g/mol. The molecule has 116 valence electrons. The van der Waals surface area contributed by atoms with Crippen LogP contribution in [-0.4, -0.2) is 38.3 Å². The molecule has 0 aliphatic carbocycles. The highest BCUT2D eigenvalue weighted by Gasteiger charge is 2.14. The first-order valence-corrected chi connectivity index (χ1v) is 8.00. The summed E-state index contributed by atoms with van der Waals surface area (Å²) in [4.78, 5) is 13.6. The van der Waals surface area contributed by atoms with Crippen molar-refractivity contribution in [3.8, 4) is 0 Å². The molecule has 2 rings (SSSR count). The lowest BCUT2D eigenvalue weighted by molar-refractivity contribution is -0.921. The zero-order valence-electron chi connectivity index (χ0n) is 13.2. The van der Waals surface area contributed by atoms with Crippen LogP contribution in [0.1, 0.15) is 42.6 Å². The number of amides is 1. The van der Waals surface area contributed by atoms with Crippen LogP contribution >= 0.6 is 0 Å². The van der Waals surface area contributed by atoms with Crippen LogP contribution in [0.25, 0.3) is 0 Å². The van der Waals surface area contributed by atoms with E-state index in [1.807, 2.05) is 12.1 Å². The standard InChI is InChI=1S/C17H26N2O2/c1-3-4-14(2)18-17(20)16-7-5-15(6-8-16)13-19-9-11-21-12-10-19/h5-8,14H,3-4,9-13H2,1-2H3,(H,18,20)/p+1/t14-/m1/s1. The predicted octanol–water partition coefficient (Wildman–Crippen LogP) is 1.02. The van der Waals surface area contributed by atoms with Gasteiger partial charge in [0.1, 0.15) is 19.6 Å². The lowest BCUT2D eigenvalue weighted by Gasteiger charge is -2.23. The molecule has 1 aromatic rings. The first kappa shape index (κ1) is 16.0. The van der Waals surface area contributed by atoms with Gasteiger partial charge < -0.3 is 15.0 Å². The third-order valence-corrected chi connectivity index (χ3v) is 3.97. The SMILES string of the molecule is CCC[C@@H](C)NC(=O)c1ccc(C[NH+]2CCOCC2)cc1. The van der Waals surface area contributed by atoms with Gasteiger partial charge in [0.15, 0.2) is 0 Å². The zero-order valence-corrected chi connectivity index (χ0v) is 13.2. The van der Waals surface area contributed by atoms with Crippen molar-refractivity contribution < 1.29 is 14.4 Å². The minimum absolute atomic E-state index is 0.0289. The van der Waals surface area contributed by atoms with Gasteiger partial charge >= 0.3 is 0 Å². The third kappa shape index (κ3) is 5.14. The van der Waals surface area contributed by atoms with Crippen molar-refractivity contribution in [2.24, 2.45) is 0 Å². The van der Waals surface area contributed by atoms with Gasteiger partial charge in [0, 0.05) is 17.2 Å². The second-order valence-electron chi connectivity index (χ2n) is 5.90. The van der Waals surface area contributed by atoms with Crippen molar-refractivity contribution in [3.05, 3.63) is 35.4 Å². The molecule has 1 saturated heterocycles. The topological polar surface area (TPSA) is 42.8 Å². The minimum Gasteiger partial charge on any atom is -0.370 e. The highest BCUT2D eigenvalue weighted by Crippen LogP contribution is 2.05. The first-order chi connectivity index (χ1) is 10.2. The lowest BCUT2D eigenvalue weighted by Crippen LogP contribution is -3.12. The fraction of sp³-hybridized carbons (Fsp3) is 0.588. The number of nitrogens with one attached hydrogen (secondary N) is 2. The number of quaternary nitrogens is 1. The second kappa shape index (κ2) is 8.15. The highest BCUT2D eigenvalue weighted by atomic mass is 16.5. The van der Waals surface area contributed by atoms with E-state index < -0.39 is 0 Å². The number of benzene rings is 1. The molecule has 21 heavy (non-hydrogen) atoms. The summed E-state index contributed by atoms with van der Waals surface area (Å²) < 4.78 is 5.37. The monoisotopic (exact) mass is 291 g/mol. The van der Waals surface area contributed by atoms with Gasteiger partial charge in [-0.2, -0.15) is 0 Å². The summed E-state index contributed by atoms with van der Waals surface area (Å²) in [5.74, 6) is 0.0289. The van der Waals surface area contributed by atoms with Crippen LogP contribution < -0.4 is 10.2 Å². The fourth-order valence-corrected chi connectivity index (χ4v) is 2.71. The molecule has 1 aliphatic heterocycles. The van der Waals surface area contributed by atoms with Crippen molar-refractivity contribution in [2.45, 2.75) is 39.3 Å². The van der Waals surface area contributed by atoms with E-state index in [1.165, 1.54) is 5.56 Å². The van der Waals surface area contributed by atoms with Gasteiger partial charge in [-0.25, -0.2) is 0 Å². The Morgan fingerprint density at radius 1 is 1.29 bits per heavy atom. The van der Waals surface area contributed by atoms with E-state index in [0.29, 0.717) is 0 Å². The van der Waals surface area contributed by atoms with Gasteiger partial charge in [0.05, 0.1) is 13.2 Å². The molecule has 0 bridgehead atoms. The normalized spacial score (nSPS) is 17.4. The van der Waals surface area contributed by atoms with E-state index in [9.17, 15) is 4.79 Å². The lowest BCUT2D eigenvalue weighted by atomic mass is 10.1. The van der Waals surface area contributed by atoms with E-state index in [2.05, 4.69) is 31.3 Å². The molecule has 1 aromatic carbocycles. The zero-order chi connectivity index (χ0) is 15.1. The molecule has 4 heteroatoms. The van der Waals surface area contributed by atoms with Crippen LogP contribution in [0.2, 0.25) is 0 Å². The van der Waals surface area contributed by atoms with Crippen molar-refractivity contribution >= 4 is 5.91 Å². The predicted molar refractivity (Wildman–Crippen MR) is 83.5 cm³/mol. The van der Waals surface area contributed by atoms with E-state index in [4.69, 9.17) is 4.74 Å². The van der Waals surface area contributed by atoms with E-state index in [0.717, 1.165) is 51.3 Å². The molecule has 0 unspecified atom stereocenters. The number of morpholine rings is 1. The summed E-state index contributed by atoms with van der Waals surface area (Å²) in [6, 6.07) is 8.25. The van der Waals surface area contributed by atoms with Crippen LogP contribution in [0.5, 0.6) is 0 Å². The highest BCUT2D eigenvalue weighted by molar-refractivity contribution is 5.94. The number of rotatable bonds is 6. The van der Waals surface area contributed by atoms with Crippen molar-refractivity contribution in [1.82, 2.24) is 5.32 Å². The van der Waals surface area contributed by atoms with E-state index in [1.54, 1.807) is 4.90 Å². The molecular formula is C17H27N2O2+. The Hall–Kier alpha value is -1.39.